The van der Waals surface area contributed by atoms with Crippen molar-refractivity contribution in [2.45, 2.75) is 25.7 Å². The monoisotopic (exact) mass is 206 g/mol. The summed E-state index contributed by atoms with van der Waals surface area (Å²) in [5.41, 5.74) is 1.06. The van der Waals surface area contributed by atoms with Crippen molar-refractivity contribution in [2.24, 2.45) is 0 Å². The number of terminal acetylenes is 1. The van der Waals surface area contributed by atoms with E-state index >= 15 is 0 Å². The largest absolute Gasteiger partial charge is 0.494 e. The van der Waals surface area contributed by atoms with Crippen LogP contribution in [0.3, 0.4) is 0 Å². The van der Waals surface area contributed by atoms with Gasteiger partial charge in [0.25, 0.3) is 0 Å². The molecular weight excluding hydrogens is 191 g/mol. The summed E-state index contributed by atoms with van der Waals surface area (Å²) in [5.74, 6) is 2.90. The summed E-state index contributed by atoms with van der Waals surface area (Å²) in [6.07, 6.45) is 6.85. The molecule has 1 atom stereocenters. The molecule has 0 heterocycles. The van der Waals surface area contributed by atoms with Crippen LogP contribution in [-0.4, -0.2) is 7.11 Å². The third-order valence-corrected chi connectivity index (χ3v) is 2.47. The first-order chi connectivity index (χ1) is 7.19. The van der Waals surface area contributed by atoms with E-state index in [4.69, 9.17) is 11.2 Å². The molecule has 15 heavy (non-hydrogen) atoms. The molecule has 1 aromatic rings. The second-order valence-corrected chi connectivity index (χ2v) is 3.54. The molecule has 0 fully saturated rings. The van der Waals surface area contributed by atoms with Crippen LogP contribution in [0.1, 0.15) is 31.2 Å². The minimum atomic E-state index is -0.328. The van der Waals surface area contributed by atoms with Crippen LogP contribution < -0.4 is 4.74 Å². The second kappa shape index (κ2) is 5.41. The zero-order valence-corrected chi connectivity index (χ0v) is 9.09. The molecule has 0 aromatic heterocycles. The molecule has 80 valence electrons. The van der Waals surface area contributed by atoms with Crippen LogP contribution in [0.4, 0.5) is 4.39 Å². The van der Waals surface area contributed by atoms with Crippen molar-refractivity contribution in [1.82, 2.24) is 0 Å². The van der Waals surface area contributed by atoms with Crippen molar-refractivity contribution in [1.29, 1.82) is 0 Å². The van der Waals surface area contributed by atoms with Gasteiger partial charge < -0.3 is 4.74 Å². The quantitative estimate of drug-likeness (QED) is 0.686. The predicted octanol–water partition coefficient (Wildman–Crippen LogP) is 3.35. The van der Waals surface area contributed by atoms with Gasteiger partial charge in [-0.3, -0.25) is 0 Å². The van der Waals surface area contributed by atoms with E-state index in [-0.39, 0.29) is 5.82 Å². The molecule has 0 aliphatic carbocycles. The van der Waals surface area contributed by atoms with Gasteiger partial charge in [0.05, 0.1) is 7.11 Å². The Labute approximate surface area is 90.3 Å². The van der Waals surface area contributed by atoms with Crippen molar-refractivity contribution >= 4 is 0 Å². The summed E-state index contributed by atoms with van der Waals surface area (Å²) in [5, 5.41) is 0. The van der Waals surface area contributed by atoms with Crippen molar-refractivity contribution in [3.05, 3.63) is 29.6 Å². The predicted molar refractivity (Wildman–Crippen MR) is 59.4 cm³/mol. The zero-order valence-electron chi connectivity index (χ0n) is 9.09. The highest BCUT2D eigenvalue weighted by Crippen LogP contribution is 2.26. The van der Waals surface area contributed by atoms with Crippen LogP contribution in [0.5, 0.6) is 5.75 Å². The number of ether oxygens (including phenoxy) is 1. The Hall–Kier alpha value is -1.49. The SMILES string of the molecule is C#CCC[C@H](C)c1ccc(F)c(OC)c1. The lowest BCUT2D eigenvalue weighted by molar-refractivity contribution is 0.385. The number of hydrogen-bond acceptors (Lipinski definition) is 1. The van der Waals surface area contributed by atoms with Crippen LogP contribution in [0.2, 0.25) is 0 Å². The van der Waals surface area contributed by atoms with Gasteiger partial charge in [-0.2, -0.15) is 0 Å². The van der Waals surface area contributed by atoms with E-state index in [0.29, 0.717) is 11.7 Å². The zero-order chi connectivity index (χ0) is 11.3. The van der Waals surface area contributed by atoms with Crippen molar-refractivity contribution in [2.75, 3.05) is 7.11 Å². The van der Waals surface area contributed by atoms with E-state index in [0.717, 1.165) is 18.4 Å². The molecule has 0 saturated carbocycles. The molecule has 0 aliphatic heterocycles. The third kappa shape index (κ3) is 2.99. The lowest BCUT2D eigenvalue weighted by Gasteiger charge is -2.11. The summed E-state index contributed by atoms with van der Waals surface area (Å²) in [6, 6.07) is 4.94. The lowest BCUT2D eigenvalue weighted by Crippen LogP contribution is -1.96. The van der Waals surface area contributed by atoms with Crippen LogP contribution in [-0.2, 0) is 0 Å². The van der Waals surface area contributed by atoms with Crippen LogP contribution >= 0.6 is 0 Å². The molecule has 0 saturated heterocycles. The van der Waals surface area contributed by atoms with Gasteiger partial charge in [-0.1, -0.05) is 13.0 Å². The summed E-state index contributed by atoms with van der Waals surface area (Å²) >= 11 is 0. The summed E-state index contributed by atoms with van der Waals surface area (Å²) in [7, 11) is 1.47. The highest BCUT2D eigenvalue weighted by molar-refractivity contribution is 5.32. The average molecular weight is 206 g/mol. The molecule has 0 N–H and O–H groups in total. The van der Waals surface area contributed by atoms with E-state index in [1.807, 2.05) is 0 Å². The highest BCUT2D eigenvalue weighted by atomic mass is 19.1. The molecule has 1 aromatic carbocycles. The minimum absolute atomic E-state index is 0.292. The van der Waals surface area contributed by atoms with Gasteiger partial charge in [0, 0.05) is 6.42 Å². The molecule has 0 amide bonds. The first kappa shape index (κ1) is 11.6. The number of halogens is 1. The molecule has 0 bridgehead atoms. The van der Waals surface area contributed by atoms with Crippen LogP contribution in [0.25, 0.3) is 0 Å². The molecule has 0 unspecified atom stereocenters. The van der Waals surface area contributed by atoms with E-state index in [1.165, 1.54) is 13.2 Å². The second-order valence-electron chi connectivity index (χ2n) is 3.54. The fourth-order valence-corrected chi connectivity index (χ4v) is 1.45. The van der Waals surface area contributed by atoms with Gasteiger partial charge in [0.2, 0.25) is 0 Å². The molecule has 0 spiro atoms. The Morgan fingerprint density at radius 1 is 1.53 bits per heavy atom. The molecular formula is C13H15FO. The smallest absolute Gasteiger partial charge is 0.165 e. The van der Waals surface area contributed by atoms with Gasteiger partial charge in [-0.05, 0) is 30.0 Å². The maximum Gasteiger partial charge on any atom is 0.165 e. The summed E-state index contributed by atoms with van der Waals surface area (Å²) in [4.78, 5) is 0. The Morgan fingerprint density at radius 3 is 2.87 bits per heavy atom. The number of benzene rings is 1. The number of methoxy groups -OCH3 is 1. The molecule has 0 radical (unpaired) electrons. The summed E-state index contributed by atoms with van der Waals surface area (Å²) < 4.78 is 18.1. The Balaban J connectivity index is 2.82. The first-order valence-electron chi connectivity index (χ1n) is 4.96. The Bertz CT molecular complexity index is 365. The van der Waals surface area contributed by atoms with E-state index in [1.54, 1.807) is 12.1 Å². The summed E-state index contributed by atoms with van der Waals surface area (Å²) in [6.45, 7) is 2.07. The molecule has 0 aliphatic rings. The highest BCUT2D eigenvalue weighted by Gasteiger charge is 2.08. The van der Waals surface area contributed by atoms with Crippen LogP contribution in [0, 0.1) is 18.2 Å². The van der Waals surface area contributed by atoms with E-state index in [2.05, 4.69) is 12.8 Å². The van der Waals surface area contributed by atoms with Crippen molar-refractivity contribution < 1.29 is 9.13 Å². The topological polar surface area (TPSA) is 9.23 Å². The first-order valence-corrected chi connectivity index (χ1v) is 4.96. The van der Waals surface area contributed by atoms with Crippen molar-refractivity contribution in [3.63, 3.8) is 0 Å². The molecule has 1 rings (SSSR count). The molecule has 2 heteroatoms. The van der Waals surface area contributed by atoms with Gasteiger partial charge in [0.1, 0.15) is 0 Å². The van der Waals surface area contributed by atoms with E-state index < -0.39 is 0 Å². The maximum atomic E-state index is 13.1. The Kier molecular flexibility index (Phi) is 4.17. The van der Waals surface area contributed by atoms with Gasteiger partial charge in [0.15, 0.2) is 11.6 Å². The van der Waals surface area contributed by atoms with Gasteiger partial charge in [-0.25, -0.2) is 4.39 Å². The third-order valence-electron chi connectivity index (χ3n) is 2.47. The van der Waals surface area contributed by atoms with Crippen molar-refractivity contribution in [3.8, 4) is 18.1 Å². The fraction of sp³-hybridized carbons (Fsp3) is 0.385. The molecule has 1 nitrogen and oxygen atoms in total. The number of hydrogen-bond donors (Lipinski definition) is 0. The number of rotatable bonds is 4. The normalized spacial score (nSPS) is 11.9. The van der Waals surface area contributed by atoms with Crippen LogP contribution in [0.15, 0.2) is 18.2 Å². The van der Waals surface area contributed by atoms with Gasteiger partial charge in [-0.15, -0.1) is 12.3 Å². The van der Waals surface area contributed by atoms with E-state index in [9.17, 15) is 4.39 Å². The van der Waals surface area contributed by atoms with Gasteiger partial charge >= 0.3 is 0 Å². The lowest BCUT2D eigenvalue weighted by atomic mass is 9.96. The minimum Gasteiger partial charge on any atom is -0.494 e. The Morgan fingerprint density at radius 2 is 2.27 bits per heavy atom. The standard InChI is InChI=1S/C13H15FO/c1-4-5-6-10(2)11-7-8-12(14)13(9-11)15-3/h1,7-10H,5-6H2,2-3H3/t10-/m0/s1. The average Bonchev–Trinajstić information content (AvgIpc) is 2.26. The maximum absolute atomic E-state index is 13.1. The fourth-order valence-electron chi connectivity index (χ4n) is 1.45.